The molecule has 5 rings (SSSR count). The van der Waals surface area contributed by atoms with E-state index in [0.717, 1.165) is 34.3 Å². The number of nitrogens with zero attached hydrogens (tertiary/aromatic N) is 5. The van der Waals surface area contributed by atoms with Crippen LogP contribution in [0, 0.1) is 13.8 Å². The number of halogens is 3. The number of aryl methyl sites for hydroxylation is 1. The molecule has 2 aromatic heterocycles. The molecule has 0 aliphatic carbocycles. The molecule has 42 heavy (non-hydrogen) atoms. The minimum absolute atomic E-state index is 0.153. The SMILES string of the molecule is Cc1nc(SCc2cccc(C(=O)NCc3cccnc3)c2)nc(N2CCN(c3cccc(C(F)(F)F)c3)CC2)c1C. The lowest BCUT2D eigenvalue weighted by Crippen LogP contribution is -2.47. The highest BCUT2D eigenvalue weighted by Crippen LogP contribution is 2.32. The van der Waals surface area contributed by atoms with Gasteiger partial charge >= 0.3 is 6.18 Å². The average Bonchev–Trinajstić information content (AvgIpc) is 3.01. The summed E-state index contributed by atoms with van der Waals surface area (Å²) in [6.07, 6.45) is -0.948. The van der Waals surface area contributed by atoms with Crippen LogP contribution in [0.4, 0.5) is 24.7 Å². The Labute approximate surface area is 247 Å². The van der Waals surface area contributed by atoms with E-state index in [1.165, 1.54) is 23.9 Å². The van der Waals surface area contributed by atoms with Crippen molar-refractivity contribution in [2.24, 2.45) is 0 Å². The van der Waals surface area contributed by atoms with Gasteiger partial charge in [0.2, 0.25) is 0 Å². The summed E-state index contributed by atoms with van der Waals surface area (Å²) in [4.78, 5) is 30.5. The minimum atomic E-state index is -4.37. The fourth-order valence-corrected chi connectivity index (χ4v) is 5.58. The van der Waals surface area contributed by atoms with Crippen LogP contribution in [0.3, 0.4) is 0 Å². The smallest absolute Gasteiger partial charge is 0.368 e. The van der Waals surface area contributed by atoms with Gasteiger partial charge in [0.05, 0.1) is 5.56 Å². The average molecular weight is 593 g/mol. The molecule has 0 atom stereocenters. The number of hydrogen-bond donors (Lipinski definition) is 1. The zero-order valence-electron chi connectivity index (χ0n) is 23.4. The molecule has 1 saturated heterocycles. The lowest BCUT2D eigenvalue weighted by molar-refractivity contribution is -0.137. The summed E-state index contributed by atoms with van der Waals surface area (Å²) in [5.74, 6) is 1.28. The Morgan fingerprint density at radius 2 is 1.67 bits per heavy atom. The highest BCUT2D eigenvalue weighted by atomic mass is 32.2. The zero-order chi connectivity index (χ0) is 29.7. The van der Waals surface area contributed by atoms with Crippen LogP contribution >= 0.6 is 11.8 Å². The number of aromatic nitrogens is 3. The van der Waals surface area contributed by atoms with Crippen LogP contribution in [0.5, 0.6) is 0 Å². The maximum Gasteiger partial charge on any atom is 0.416 e. The molecule has 4 aromatic rings. The second-order valence-electron chi connectivity index (χ2n) is 10.1. The van der Waals surface area contributed by atoms with Gasteiger partial charge in [0.25, 0.3) is 5.91 Å². The van der Waals surface area contributed by atoms with E-state index in [0.29, 0.717) is 54.9 Å². The highest BCUT2D eigenvalue weighted by molar-refractivity contribution is 7.98. The normalized spacial score (nSPS) is 13.7. The first kappa shape index (κ1) is 29.4. The van der Waals surface area contributed by atoms with E-state index in [1.807, 2.05) is 49.1 Å². The number of nitrogens with one attached hydrogen (secondary N) is 1. The van der Waals surface area contributed by atoms with Gasteiger partial charge in [-0.3, -0.25) is 9.78 Å². The second kappa shape index (κ2) is 12.8. The van der Waals surface area contributed by atoms with Crippen LogP contribution in [0.25, 0.3) is 0 Å². The van der Waals surface area contributed by atoms with E-state index in [4.69, 9.17) is 4.98 Å². The quantitative estimate of drug-likeness (QED) is 0.197. The molecular formula is C31H31F3N6OS. The van der Waals surface area contributed by atoms with Crippen LogP contribution in [-0.2, 0) is 18.5 Å². The Hall–Kier alpha value is -4.12. The van der Waals surface area contributed by atoms with Crippen molar-refractivity contribution in [3.63, 3.8) is 0 Å². The van der Waals surface area contributed by atoms with Crippen LogP contribution in [-0.4, -0.2) is 47.0 Å². The molecule has 1 amide bonds. The van der Waals surface area contributed by atoms with E-state index in [9.17, 15) is 18.0 Å². The van der Waals surface area contributed by atoms with E-state index < -0.39 is 11.7 Å². The number of anilines is 2. The molecule has 218 valence electrons. The lowest BCUT2D eigenvalue weighted by atomic mass is 10.1. The standard InChI is InChI=1S/C31H31F3N6OS/c1-21-22(2)37-30(42-20-23-6-3-8-25(16-23)29(41)36-19-24-7-5-11-35-18-24)38-28(21)40-14-12-39(13-15-40)27-10-4-9-26(17-27)31(32,33)34/h3-11,16-18H,12-15,19-20H2,1-2H3,(H,36,41). The molecule has 0 bridgehead atoms. The third-order valence-electron chi connectivity index (χ3n) is 7.19. The third-order valence-corrected chi connectivity index (χ3v) is 8.11. The summed E-state index contributed by atoms with van der Waals surface area (Å²) in [5, 5.41) is 3.57. The van der Waals surface area contributed by atoms with Crippen molar-refractivity contribution < 1.29 is 18.0 Å². The number of amides is 1. The molecule has 0 spiro atoms. The number of benzene rings is 2. The Morgan fingerprint density at radius 3 is 2.40 bits per heavy atom. The molecule has 2 aromatic carbocycles. The number of carbonyl (C=O) groups is 1. The summed E-state index contributed by atoms with van der Waals surface area (Å²) in [5.41, 5.74) is 4.29. The summed E-state index contributed by atoms with van der Waals surface area (Å²) >= 11 is 1.50. The zero-order valence-corrected chi connectivity index (χ0v) is 24.2. The summed E-state index contributed by atoms with van der Waals surface area (Å²) in [6.45, 7) is 6.78. The Balaban J connectivity index is 1.21. The first-order valence-corrected chi connectivity index (χ1v) is 14.6. The molecule has 3 heterocycles. The van der Waals surface area contributed by atoms with E-state index in [-0.39, 0.29) is 5.91 Å². The van der Waals surface area contributed by atoms with Crippen molar-refractivity contribution in [3.05, 3.63) is 107 Å². The molecule has 0 saturated carbocycles. The van der Waals surface area contributed by atoms with Gasteiger partial charge in [-0.05, 0) is 61.4 Å². The molecule has 11 heteroatoms. The van der Waals surface area contributed by atoms with Gasteiger partial charge < -0.3 is 15.1 Å². The largest absolute Gasteiger partial charge is 0.416 e. The topological polar surface area (TPSA) is 74.2 Å². The molecule has 7 nitrogen and oxygen atoms in total. The molecular weight excluding hydrogens is 561 g/mol. The van der Waals surface area contributed by atoms with Gasteiger partial charge in [-0.1, -0.05) is 36.0 Å². The first-order valence-electron chi connectivity index (χ1n) is 13.6. The van der Waals surface area contributed by atoms with Crippen molar-refractivity contribution in [1.82, 2.24) is 20.3 Å². The Kier molecular flexibility index (Phi) is 8.96. The maximum atomic E-state index is 13.2. The molecule has 1 aliphatic heterocycles. The minimum Gasteiger partial charge on any atom is -0.368 e. The van der Waals surface area contributed by atoms with Crippen LogP contribution < -0.4 is 15.1 Å². The molecule has 0 unspecified atom stereocenters. The van der Waals surface area contributed by atoms with E-state index in [2.05, 4.69) is 20.2 Å². The van der Waals surface area contributed by atoms with Gasteiger partial charge in [-0.15, -0.1) is 0 Å². The molecule has 1 N–H and O–H groups in total. The van der Waals surface area contributed by atoms with Gasteiger partial charge in [-0.25, -0.2) is 9.97 Å². The first-order chi connectivity index (χ1) is 20.2. The van der Waals surface area contributed by atoms with Crippen molar-refractivity contribution in [2.45, 2.75) is 37.5 Å². The maximum absolute atomic E-state index is 13.2. The summed E-state index contributed by atoms with van der Waals surface area (Å²) in [6, 6.07) is 16.7. The number of pyridine rings is 1. The monoisotopic (exact) mass is 592 g/mol. The van der Waals surface area contributed by atoms with Gasteiger partial charge in [0.15, 0.2) is 5.16 Å². The Morgan fingerprint density at radius 1 is 0.929 bits per heavy atom. The van der Waals surface area contributed by atoms with Crippen molar-refractivity contribution >= 4 is 29.2 Å². The van der Waals surface area contributed by atoms with Crippen molar-refractivity contribution in [1.29, 1.82) is 0 Å². The number of alkyl halides is 3. The van der Waals surface area contributed by atoms with E-state index in [1.54, 1.807) is 24.5 Å². The van der Waals surface area contributed by atoms with Gasteiger partial charge in [0.1, 0.15) is 5.82 Å². The number of rotatable bonds is 8. The number of carbonyl (C=O) groups excluding carboxylic acids is 1. The highest BCUT2D eigenvalue weighted by Gasteiger charge is 2.31. The fraction of sp³-hybridized carbons (Fsp3) is 0.290. The molecule has 1 aliphatic rings. The predicted molar refractivity (Wildman–Crippen MR) is 159 cm³/mol. The fourth-order valence-electron chi connectivity index (χ4n) is 4.75. The van der Waals surface area contributed by atoms with E-state index >= 15 is 0 Å². The second-order valence-corrected chi connectivity index (χ2v) is 11.0. The van der Waals surface area contributed by atoms with Crippen LogP contribution in [0.15, 0.2) is 78.2 Å². The number of piperazine rings is 1. The van der Waals surface area contributed by atoms with Crippen LogP contribution in [0.2, 0.25) is 0 Å². The summed E-state index contributed by atoms with van der Waals surface area (Å²) < 4.78 is 39.6. The van der Waals surface area contributed by atoms with Crippen molar-refractivity contribution in [3.8, 4) is 0 Å². The third kappa shape index (κ3) is 7.20. The van der Waals surface area contributed by atoms with Gasteiger partial charge in [-0.2, -0.15) is 13.2 Å². The van der Waals surface area contributed by atoms with Crippen molar-refractivity contribution in [2.75, 3.05) is 36.0 Å². The molecule has 1 fully saturated rings. The molecule has 0 radical (unpaired) electrons. The Bertz CT molecular complexity index is 1540. The predicted octanol–water partition coefficient (Wildman–Crippen LogP) is 6.06. The van der Waals surface area contributed by atoms with Crippen LogP contribution in [0.1, 0.15) is 38.3 Å². The van der Waals surface area contributed by atoms with Gasteiger partial charge in [0, 0.05) is 73.4 Å². The summed E-state index contributed by atoms with van der Waals surface area (Å²) in [7, 11) is 0. The lowest BCUT2D eigenvalue weighted by Gasteiger charge is -2.37. The number of hydrogen-bond acceptors (Lipinski definition) is 7. The number of thioether (sulfide) groups is 1.